The van der Waals surface area contributed by atoms with Gasteiger partial charge >= 0.3 is 0 Å². The molecule has 0 aliphatic rings. The van der Waals surface area contributed by atoms with Crippen LogP contribution in [0.3, 0.4) is 0 Å². The second-order valence-corrected chi connectivity index (χ2v) is 7.20. The van der Waals surface area contributed by atoms with Crippen molar-refractivity contribution in [3.63, 3.8) is 0 Å². The first-order valence-electron chi connectivity index (χ1n) is 9.36. The van der Waals surface area contributed by atoms with E-state index < -0.39 is 0 Å². The summed E-state index contributed by atoms with van der Waals surface area (Å²) in [5.41, 5.74) is 6.27. The van der Waals surface area contributed by atoms with Crippen LogP contribution >= 0.6 is 0 Å². The third-order valence-electron chi connectivity index (χ3n) is 4.55. The van der Waals surface area contributed by atoms with Crippen LogP contribution in [0, 0.1) is 27.7 Å². The minimum Gasteiger partial charge on any atom is -0.324 e. The number of nitrogens with one attached hydrogen (secondary N) is 2. The SMILES string of the molecule is CC(=O)c1ccc(Nc2nc(C)cc(C(=O)Nc3c(C)cc(C)cc3C)n2)cc1. The van der Waals surface area contributed by atoms with E-state index in [9.17, 15) is 9.59 Å². The predicted octanol–water partition coefficient (Wildman–Crippen LogP) is 4.91. The molecule has 29 heavy (non-hydrogen) atoms. The highest BCUT2D eigenvalue weighted by Gasteiger charge is 2.14. The van der Waals surface area contributed by atoms with Crippen LogP contribution in [0.25, 0.3) is 0 Å². The van der Waals surface area contributed by atoms with Crippen LogP contribution < -0.4 is 10.6 Å². The average molecular weight is 388 g/mol. The summed E-state index contributed by atoms with van der Waals surface area (Å²) in [7, 11) is 0. The van der Waals surface area contributed by atoms with Crippen LogP contribution in [0.4, 0.5) is 17.3 Å². The third kappa shape index (κ3) is 4.85. The molecule has 1 heterocycles. The van der Waals surface area contributed by atoms with E-state index in [1.165, 1.54) is 6.92 Å². The van der Waals surface area contributed by atoms with Crippen molar-refractivity contribution in [2.45, 2.75) is 34.6 Å². The van der Waals surface area contributed by atoms with Crippen molar-refractivity contribution in [1.29, 1.82) is 0 Å². The van der Waals surface area contributed by atoms with Crippen molar-refractivity contribution in [2.24, 2.45) is 0 Å². The lowest BCUT2D eigenvalue weighted by molar-refractivity contribution is 0.101. The highest BCUT2D eigenvalue weighted by molar-refractivity contribution is 6.04. The Morgan fingerprint density at radius 3 is 2.07 bits per heavy atom. The number of nitrogens with zero attached hydrogens (tertiary/aromatic N) is 2. The summed E-state index contributed by atoms with van der Waals surface area (Å²) in [4.78, 5) is 32.9. The number of carbonyl (C=O) groups excluding carboxylic acids is 2. The molecule has 2 aromatic carbocycles. The molecule has 0 saturated heterocycles. The molecule has 1 aromatic heterocycles. The number of aromatic nitrogens is 2. The Kier molecular flexibility index (Phi) is 5.73. The van der Waals surface area contributed by atoms with Crippen molar-refractivity contribution in [3.05, 3.63) is 76.1 Å². The molecule has 2 N–H and O–H groups in total. The second-order valence-electron chi connectivity index (χ2n) is 7.20. The molecular weight excluding hydrogens is 364 g/mol. The van der Waals surface area contributed by atoms with Crippen LogP contribution in [-0.2, 0) is 0 Å². The first-order valence-corrected chi connectivity index (χ1v) is 9.36. The Morgan fingerprint density at radius 2 is 1.48 bits per heavy atom. The van der Waals surface area contributed by atoms with Crippen LogP contribution in [0.1, 0.15) is 50.2 Å². The topological polar surface area (TPSA) is 84.0 Å². The largest absolute Gasteiger partial charge is 0.324 e. The van der Waals surface area contributed by atoms with Gasteiger partial charge in [0.25, 0.3) is 5.91 Å². The number of hydrogen-bond acceptors (Lipinski definition) is 5. The number of carbonyl (C=O) groups is 2. The fraction of sp³-hybridized carbons (Fsp3) is 0.217. The van der Waals surface area contributed by atoms with Crippen LogP contribution in [0.5, 0.6) is 0 Å². The van der Waals surface area contributed by atoms with E-state index in [4.69, 9.17) is 0 Å². The quantitative estimate of drug-likeness (QED) is 0.607. The molecule has 0 saturated carbocycles. The van der Waals surface area contributed by atoms with Gasteiger partial charge < -0.3 is 10.6 Å². The highest BCUT2D eigenvalue weighted by Crippen LogP contribution is 2.23. The third-order valence-corrected chi connectivity index (χ3v) is 4.55. The van der Waals surface area contributed by atoms with E-state index in [-0.39, 0.29) is 17.4 Å². The van der Waals surface area contributed by atoms with E-state index in [0.29, 0.717) is 17.2 Å². The summed E-state index contributed by atoms with van der Waals surface area (Å²) in [6.45, 7) is 9.30. The first-order chi connectivity index (χ1) is 13.7. The Labute approximate surface area is 170 Å². The van der Waals surface area contributed by atoms with E-state index in [1.54, 1.807) is 30.3 Å². The van der Waals surface area contributed by atoms with Crippen molar-refractivity contribution in [1.82, 2.24) is 9.97 Å². The second kappa shape index (κ2) is 8.22. The number of rotatable bonds is 5. The van der Waals surface area contributed by atoms with Gasteiger partial charge in [-0.15, -0.1) is 0 Å². The molecule has 6 nitrogen and oxygen atoms in total. The standard InChI is InChI=1S/C23H24N4O2/c1-13-10-14(2)21(15(3)11-13)27-22(29)20-12-16(4)24-23(26-20)25-19-8-6-18(7-9-19)17(5)28/h6-12H,1-5H3,(H,27,29)(H,24,25,26). The molecule has 0 unspecified atom stereocenters. The fourth-order valence-corrected chi connectivity index (χ4v) is 3.21. The zero-order chi connectivity index (χ0) is 21.1. The van der Waals surface area contributed by atoms with Gasteiger partial charge in [-0.1, -0.05) is 17.7 Å². The number of hydrogen-bond donors (Lipinski definition) is 2. The summed E-state index contributed by atoms with van der Waals surface area (Å²) < 4.78 is 0. The molecule has 3 aromatic rings. The minimum absolute atomic E-state index is 0.00371. The van der Waals surface area contributed by atoms with Gasteiger partial charge in [0.15, 0.2) is 5.78 Å². The van der Waals surface area contributed by atoms with E-state index in [2.05, 4.69) is 20.6 Å². The molecule has 0 aliphatic carbocycles. The lowest BCUT2D eigenvalue weighted by Gasteiger charge is -2.13. The minimum atomic E-state index is -0.291. The number of anilines is 3. The molecule has 148 valence electrons. The maximum Gasteiger partial charge on any atom is 0.274 e. The van der Waals surface area contributed by atoms with Gasteiger partial charge in [-0.05, 0) is 76.1 Å². The zero-order valence-corrected chi connectivity index (χ0v) is 17.3. The molecule has 1 amide bonds. The number of benzene rings is 2. The lowest BCUT2D eigenvalue weighted by atomic mass is 10.0. The molecule has 0 fully saturated rings. The highest BCUT2D eigenvalue weighted by atomic mass is 16.2. The summed E-state index contributed by atoms with van der Waals surface area (Å²) >= 11 is 0. The van der Waals surface area contributed by atoms with Gasteiger partial charge in [0.05, 0.1) is 0 Å². The van der Waals surface area contributed by atoms with Gasteiger partial charge in [-0.3, -0.25) is 9.59 Å². The zero-order valence-electron chi connectivity index (χ0n) is 17.3. The normalized spacial score (nSPS) is 10.5. The fourth-order valence-electron chi connectivity index (χ4n) is 3.21. The van der Waals surface area contributed by atoms with Crippen molar-refractivity contribution >= 4 is 29.0 Å². The van der Waals surface area contributed by atoms with Gasteiger partial charge in [0, 0.05) is 22.6 Å². The smallest absolute Gasteiger partial charge is 0.274 e. The van der Waals surface area contributed by atoms with Crippen molar-refractivity contribution < 1.29 is 9.59 Å². The number of Topliss-reactive ketones (excluding diaryl/α,β-unsaturated/α-hetero) is 1. The molecule has 0 aliphatic heterocycles. The van der Waals surface area contributed by atoms with Gasteiger partial charge in [-0.25, -0.2) is 9.97 Å². The predicted molar refractivity (Wildman–Crippen MR) is 115 cm³/mol. The van der Waals surface area contributed by atoms with Crippen LogP contribution in [0.15, 0.2) is 42.5 Å². The Bertz CT molecular complexity index is 1070. The number of aryl methyl sites for hydroxylation is 4. The Hall–Kier alpha value is -3.54. The number of amides is 1. The van der Waals surface area contributed by atoms with E-state index in [0.717, 1.165) is 28.1 Å². The summed E-state index contributed by atoms with van der Waals surface area (Å²) in [6, 6.07) is 12.7. The first kappa shape index (κ1) is 20.2. The van der Waals surface area contributed by atoms with Gasteiger partial charge in [-0.2, -0.15) is 0 Å². The lowest BCUT2D eigenvalue weighted by Crippen LogP contribution is -2.17. The summed E-state index contributed by atoms with van der Waals surface area (Å²) in [5.74, 6) is 0.0348. The van der Waals surface area contributed by atoms with E-state index in [1.807, 2.05) is 39.8 Å². The Balaban J connectivity index is 1.83. The maximum atomic E-state index is 12.8. The van der Waals surface area contributed by atoms with Crippen molar-refractivity contribution in [2.75, 3.05) is 10.6 Å². The summed E-state index contributed by atoms with van der Waals surface area (Å²) in [6.07, 6.45) is 0. The number of ketones is 1. The molecule has 6 heteroatoms. The molecule has 0 bridgehead atoms. The van der Waals surface area contributed by atoms with Gasteiger partial charge in [0.1, 0.15) is 5.69 Å². The van der Waals surface area contributed by atoms with Crippen LogP contribution in [0.2, 0.25) is 0 Å². The monoisotopic (exact) mass is 388 g/mol. The molecule has 0 spiro atoms. The average Bonchev–Trinajstić information content (AvgIpc) is 2.64. The van der Waals surface area contributed by atoms with E-state index >= 15 is 0 Å². The van der Waals surface area contributed by atoms with Crippen LogP contribution in [-0.4, -0.2) is 21.7 Å². The maximum absolute atomic E-state index is 12.8. The van der Waals surface area contributed by atoms with Crippen molar-refractivity contribution in [3.8, 4) is 0 Å². The molecule has 3 rings (SSSR count). The summed E-state index contributed by atoms with van der Waals surface area (Å²) in [5, 5.41) is 6.05. The molecule has 0 radical (unpaired) electrons. The molecule has 0 atom stereocenters. The molecular formula is C23H24N4O2. The Morgan fingerprint density at radius 1 is 0.862 bits per heavy atom. The van der Waals surface area contributed by atoms with Gasteiger partial charge in [0.2, 0.25) is 5.95 Å².